The van der Waals surface area contributed by atoms with Gasteiger partial charge in [0, 0.05) is 16.6 Å². The van der Waals surface area contributed by atoms with Gasteiger partial charge in [-0.3, -0.25) is 4.79 Å². The standard InChI is InChI=1S/C25H22N2O/c1-16-8-11-19(12-9-16)24-15-21(20-6-4-5-7-23(20)26-24)25(28)27-22-13-10-17(2)14-18(22)3/h4-15H,1-3H3,(H,27,28). The van der Waals surface area contributed by atoms with Crippen molar-refractivity contribution in [2.75, 3.05) is 5.32 Å². The first-order chi connectivity index (χ1) is 13.5. The van der Waals surface area contributed by atoms with Crippen molar-refractivity contribution in [3.8, 4) is 11.3 Å². The van der Waals surface area contributed by atoms with Crippen molar-refractivity contribution < 1.29 is 4.79 Å². The fraction of sp³-hybridized carbons (Fsp3) is 0.120. The summed E-state index contributed by atoms with van der Waals surface area (Å²) in [5, 5.41) is 3.91. The number of pyridine rings is 1. The Kier molecular flexibility index (Phi) is 4.66. The van der Waals surface area contributed by atoms with Gasteiger partial charge in [0.15, 0.2) is 0 Å². The largest absolute Gasteiger partial charge is 0.322 e. The SMILES string of the molecule is Cc1ccc(-c2cc(C(=O)Nc3ccc(C)cc3C)c3ccccc3n2)cc1. The molecule has 1 N–H and O–H groups in total. The van der Waals surface area contributed by atoms with Gasteiger partial charge in [0.05, 0.1) is 16.8 Å². The van der Waals surface area contributed by atoms with Crippen LogP contribution in [0.5, 0.6) is 0 Å². The molecule has 0 saturated carbocycles. The van der Waals surface area contributed by atoms with E-state index in [0.717, 1.165) is 33.4 Å². The smallest absolute Gasteiger partial charge is 0.256 e. The van der Waals surface area contributed by atoms with Crippen LogP contribution < -0.4 is 5.32 Å². The lowest BCUT2D eigenvalue weighted by molar-refractivity contribution is 0.102. The van der Waals surface area contributed by atoms with Gasteiger partial charge in [-0.05, 0) is 44.5 Å². The minimum atomic E-state index is -0.126. The molecule has 3 nitrogen and oxygen atoms in total. The molecule has 3 aromatic carbocycles. The van der Waals surface area contributed by atoms with Crippen LogP contribution in [0.3, 0.4) is 0 Å². The molecule has 0 spiro atoms. The second-order valence-electron chi connectivity index (χ2n) is 7.21. The van der Waals surface area contributed by atoms with Crippen LogP contribution in [-0.2, 0) is 0 Å². The summed E-state index contributed by atoms with van der Waals surface area (Å²) < 4.78 is 0. The summed E-state index contributed by atoms with van der Waals surface area (Å²) in [6.07, 6.45) is 0. The second-order valence-corrected chi connectivity index (χ2v) is 7.21. The number of benzene rings is 3. The number of hydrogen-bond acceptors (Lipinski definition) is 2. The zero-order chi connectivity index (χ0) is 19.7. The van der Waals surface area contributed by atoms with Crippen LogP contribution in [0.4, 0.5) is 5.69 Å². The first-order valence-electron chi connectivity index (χ1n) is 9.37. The lowest BCUT2D eigenvalue weighted by atomic mass is 10.0. The third-order valence-electron chi connectivity index (χ3n) is 4.94. The van der Waals surface area contributed by atoms with E-state index in [1.54, 1.807) is 0 Å². The van der Waals surface area contributed by atoms with Gasteiger partial charge in [-0.1, -0.05) is 65.7 Å². The van der Waals surface area contributed by atoms with Gasteiger partial charge in [-0.15, -0.1) is 0 Å². The molecule has 0 aliphatic heterocycles. The highest BCUT2D eigenvalue weighted by molar-refractivity contribution is 6.13. The molecule has 0 bridgehead atoms. The molecule has 0 unspecified atom stereocenters. The molecule has 0 fully saturated rings. The maximum absolute atomic E-state index is 13.2. The normalized spacial score (nSPS) is 10.8. The van der Waals surface area contributed by atoms with Gasteiger partial charge in [0.1, 0.15) is 0 Å². The van der Waals surface area contributed by atoms with Gasteiger partial charge in [-0.2, -0.15) is 0 Å². The summed E-state index contributed by atoms with van der Waals surface area (Å²) in [5.74, 6) is -0.126. The fourth-order valence-corrected chi connectivity index (χ4v) is 3.38. The molecule has 28 heavy (non-hydrogen) atoms. The Morgan fingerprint density at radius 1 is 0.821 bits per heavy atom. The minimum Gasteiger partial charge on any atom is -0.322 e. The molecule has 4 rings (SSSR count). The van der Waals surface area contributed by atoms with E-state index < -0.39 is 0 Å². The molecular formula is C25H22N2O. The average molecular weight is 366 g/mol. The molecule has 0 atom stereocenters. The summed E-state index contributed by atoms with van der Waals surface area (Å²) in [6, 6.07) is 23.9. The zero-order valence-electron chi connectivity index (χ0n) is 16.3. The van der Waals surface area contributed by atoms with E-state index in [2.05, 4.69) is 30.4 Å². The van der Waals surface area contributed by atoms with Crippen molar-refractivity contribution in [3.63, 3.8) is 0 Å². The minimum absolute atomic E-state index is 0.126. The number of hydrogen-bond donors (Lipinski definition) is 1. The lowest BCUT2D eigenvalue weighted by Gasteiger charge is -2.12. The van der Waals surface area contributed by atoms with Crippen LogP contribution in [0.15, 0.2) is 72.8 Å². The summed E-state index contributed by atoms with van der Waals surface area (Å²) in [5.41, 5.74) is 7.47. The number of rotatable bonds is 3. The van der Waals surface area contributed by atoms with E-state index in [0.29, 0.717) is 5.56 Å². The van der Waals surface area contributed by atoms with Crippen molar-refractivity contribution in [1.29, 1.82) is 0 Å². The van der Waals surface area contributed by atoms with Crippen LogP contribution in [-0.4, -0.2) is 10.9 Å². The number of para-hydroxylation sites is 1. The highest BCUT2D eigenvalue weighted by Gasteiger charge is 2.15. The van der Waals surface area contributed by atoms with Crippen molar-refractivity contribution in [3.05, 3.63) is 95.1 Å². The molecule has 0 radical (unpaired) electrons. The van der Waals surface area contributed by atoms with E-state index >= 15 is 0 Å². The number of nitrogens with zero attached hydrogens (tertiary/aromatic N) is 1. The van der Waals surface area contributed by atoms with Gasteiger partial charge < -0.3 is 5.32 Å². The summed E-state index contributed by atoms with van der Waals surface area (Å²) >= 11 is 0. The molecule has 4 aromatic rings. The Bertz CT molecular complexity index is 1180. The molecule has 138 valence electrons. The molecular weight excluding hydrogens is 344 g/mol. The monoisotopic (exact) mass is 366 g/mol. The number of carbonyl (C=O) groups is 1. The fourth-order valence-electron chi connectivity index (χ4n) is 3.38. The van der Waals surface area contributed by atoms with Crippen LogP contribution in [0.1, 0.15) is 27.0 Å². The number of aryl methyl sites for hydroxylation is 3. The van der Waals surface area contributed by atoms with Crippen LogP contribution in [0.2, 0.25) is 0 Å². The number of carbonyl (C=O) groups excluding carboxylic acids is 1. The Hall–Kier alpha value is -3.46. The van der Waals surface area contributed by atoms with Crippen LogP contribution in [0, 0.1) is 20.8 Å². The van der Waals surface area contributed by atoms with Crippen LogP contribution >= 0.6 is 0 Å². The summed E-state index contributed by atoms with van der Waals surface area (Å²) in [7, 11) is 0. The molecule has 1 amide bonds. The average Bonchev–Trinajstić information content (AvgIpc) is 2.69. The summed E-state index contributed by atoms with van der Waals surface area (Å²) in [4.78, 5) is 17.9. The first kappa shape index (κ1) is 17.9. The third-order valence-corrected chi connectivity index (χ3v) is 4.94. The van der Waals surface area contributed by atoms with E-state index in [1.165, 1.54) is 11.1 Å². The first-order valence-corrected chi connectivity index (χ1v) is 9.37. The van der Waals surface area contributed by atoms with Gasteiger partial charge in [0.2, 0.25) is 0 Å². The van der Waals surface area contributed by atoms with Gasteiger partial charge in [-0.25, -0.2) is 4.98 Å². The van der Waals surface area contributed by atoms with E-state index in [-0.39, 0.29) is 5.91 Å². The van der Waals surface area contributed by atoms with Gasteiger partial charge >= 0.3 is 0 Å². The van der Waals surface area contributed by atoms with Crippen molar-refractivity contribution in [1.82, 2.24) is 4.98 Å². The Morgan fingerprint density at radius 2 is 1.54 bits per heavy atom. The van der Waals surface area contributed by atoms with Gasteiger partial charge in [0.25, 0.3) is 5.91 Å². The predicted octanol–water partition coefficient (Wildman–Crippen LogP) is 6.08. The number of aromatic nitrogens is 1. The van der Waals surface area contributed by atoms with E-state index in [9.17, 15) is 4.79 Å². The second kappa shape index (κ2) is 7.28. The number of anilines is 1. The Balaban J connectivity index is 1.80. The molecule has 3 heteroatoms. The topological polar surface area (TPSA) is 42.0 Å². The van der Waals surface area contributed by atoms with E-state index in [4.69, 9.17) is 4.98 Å². The highest BCUT2D eigenvalue weighted by atomic mass is 16.1. The molecule has 1 heterocycles. The highest BCUT2D eigenvalue weighted by Crippen LogP contribution is 2.26. The molecule has 0 aliphatic carbocycles. The van der Waals surface area contributed by atoms with Crippen LogP contribution in [0.25, 0.3) is 22.2 Å². The molecule has 1 aromatic heterocycles. The Morgan fingerprint density at radius 3 is 2.29 bits per heavy atom. The number of nitrogens with one attached hydrogen (secondary N) is 1. The van der Waals surface area contributed by atoms with E-state index in [1.807, 2.05) is 68.4 Å². The number of fused-ring (bicyclic) bond motifs is 1. The van der Waals surface area contributed by atoms with Crippen molar-refractivity contribution in [2.45, 2.75) is 20.8 Å². The quantitative estimate of drug-likeness (QED) is 0.477. The van der Waals surface area contributed by atoms with Crippen molar-refractivity contribution >= 4 is 22.5 Å². The zero-order valence-corrected chi connectivity index (χ0v) is 16.3. The third kappa shape index (κ3) is 3.52. The molecule has 0 aliphatic rings. The molecule has 0 saturated heterocycles. The summed E-state index contributed by atoms with van der Waals surface area (Å²) in [6.45, 7) is 6.11. The maximum Gasteiger partial charge on any atom is 0.256 e. The predicted molar refractivity (Wildman–Crippen MR) is 116 cm³/mol. The maximum atomic E-state index is 13.2. The number of amides is 1. The lowest BCUT2D eigenvalue weighted by Crippen LogP contribution is -2.14. The Labute approximate surface area is 165 Å². The van der Waals surface area contributed by atoms with Crippen molar-refractivity contribution in [2.24, 2.45) is 0 Å².